The van der Waals surface area contributed by atoms with E-state index in [1.165, 1.54) is 12.3 Å². The Labute approximate surface area is 94.7 Å². The number of fused-ring (bicyclic) bond motifs is 1. The first kappa shape index (κ1) is 10.6. The highest BCUT2D eigenvalue weighted by Gasteiger charge is 2.09. The highest BCUT2D eigenvalue weighted by molar-refractivity contribution is 6.35. The molecule has 0 spiro atoms. The molecule has 0 saturated carbocycles. The third-order valence-corrected chi connectivity index (χ3v) is 2.45. The predicted molar refractivity (Wildman–Crippen MR) is 58.7 cm³/mol. The number of halogens is 1. The molecule has 0 aromatic carbocycles. The van der Waals surface area contributed by atoms with E-state index in [1.807, 2.05) is 0 Å². The summed E-state index contributed by atoms with van der Waals surface area (Å²) in [7, 11) is 0. The lowest BCUT2D eigenvalue weighted by atomic mass is 10.1. The lowest BCUT2D eigenvalue weighted by molar-refractivity contribution is -0.136. The van der Waals surface area contributed by atoms with E-state index in [9.17, 15) is 9.59 Å². The lowest BCUT2D eigenvalue weighted by Gasteiger charge is -2.01. The van der Waals surface area contributed by atoms with Crippen LogP contribution in [0, 0.1) is 0 Å². The number of H-pyrrole nitrogens is 1. The smallest absolute Gasteiger partial charge is 0.308 e. The number of nitrogens with one attached hydrogen (secondary N) is 1. The van der Waals surface area contributed by atoms with Gasteiger partial charge in [0.15, 0.2) is 0 Å². The molecule has 16 heavy (non-hydrogen) atoms. The molecule has 5 nitrogen and oxygen atoms in total. The van der Waals surface area contributed by atoms with Crippen LogP contribution in [0.25, 0.3) is 11.0 Å². The summed E-state index contributed by atoms with van der Waals surface area (Å²) in [6.45, 7) is 0. The fourth-order valence-corrected chi connectivity index (χ4v) is 1.61. The van der Waals surface area contributed by atoms with Crippen molar-refractivity contribution in [2.75, 3.05) is 0 Å². The summed E-state index contributed by atoms with van der Waals surface area (Å²) in [6, 6.07) is 3.03. The number of aromatic nitrogens is 2. The molecule has 0 saturated heterocycles. The molecule has 0 bridgehead atoms. The van der Waals surface area contributed by atoms with Crippen LogP contribution in [0.4, 0.5) is 0 Å². The van der Waals surface area contributed by atoms with Crippen molar-refractivity contribution in [3.8, 4) is 0 Å². The maximum Gasteiger partial charge on any atom is 0.308 e. The zero-order chi connectivity index (χ0) is 11.7. The third kappa shape index (κ3) is 1.90. The monoisotopic (exact) mass is 238 g/mol. The van der Waals surface area contributed by atoms with E-state index >= 15 is 0 Å². The Balaban J connectivity index is 2.69. The fraction of sp³-hybridized carbons (Fsp3) is 0.100. The molecule has 2 heterocycles. The number of hydrogen-bond donors (Lipinski definition) is 2. The number of nitrogens with zero attached hydrogens (tertiary/aromatic N) is 1. The van der Waals surface area contributed by atoms with Crippen molar-refractivity contribution in [1.82, 2.24) is 9.97 Å². The van der Waals surface area contributed by atoms with E-state index in [1.54, 1.807) is 6.07 Å². The van der Waals surface area contributed by atoms with Gasteiger partial charge in [0.1, 0.15) is 5.65 Å². The molecule has 0 aliphatic carbocycles. The first-order chi connectivity index (χ1) is 7.58. The number of aliphatic carboxylic acids is 1. The van der Waals surface area contributed by atoms with Crippen LogP contribution in [0.3, 0.4) is 0 Å². The second-order valence-electron chi connectivity index (χ2n) is 3.25. The number of rotatable bonds is 2. The van der Waals surface area contributed by atoms with Gasteiger partial charge in [0.05, 0.1) is 11.4 Å². The first-order valence-corrected chi connectivity index (χ1v) is 4.84. The largest absolute Gasteiger partial charge is 0.481 e. The van der Waals surface area contributed by atoms with Gasteiger partial charge in [0, 0.05) is 17.1 Å². The molecule has 6 heteroatoms. The van der Waals surface area contributed by atoms with Gasteiger partial charge in [0.25, 0.3) is 5.56 Å². The Bertz CT molecular complexity index is 621. The van der Waals surface area contributed by atoms with Crippen LogP contribution >= 0.6 is 11.6 Å². The third-order valence-electron chi connectivity index (χ3n) is 2.12. The van der Waals surface area contributed by atoms with Crippen molar-refractivity contribution < 1.29 is 9.90 Å². The van der Waals surface area contributed by atoms with Gasteiger partial charge in [-0.2, -0.15) is 0 Å². The summed E-state index contributed by atoms with van der Waals surface area (Å²) in [6.07, 6.45) is 1.13. The summed E-state index contributed by atoms with van der Waals surface area (Å²) < 4.78 is 0. The minimum absolute atomic E-state index is 0.162. The molecule has 0 amide bonds. The van der Waals surface area contributed by atoms with Crippen molar-refractivity contribution in [2.45, 2.75) is 6.42 Å². The minimum Gasteiger partial charge on any atom is -0.481 e. The SMILES string of the molecule is O=C(O)Cc1cc2c(Cl)ccnc2[nH]c1=O. The van der Waals surface area contributed by atoms with Crippen molar-refractivity contribution in [3.05, 3.63) is 39.3 Å². The fourth-order valence-electron chi connectivity index (χ4n) is 1.41. The Kier molecular flexibility index (Phi) is 2.62. The molecule has 0 aliphatic rings. The van der Waals surface area contributed by atoms with E-state index in [0.717, 1.165) is 0 Å². The standard InChI is InChI=1S/C10H7ClN2O3/c11-7-1-2-12-9-6(7)3-5(4-8(14)15)10(16)13-9/h1-3H,4H2,(H,14,15)(H,12,13,16). The van der Waals surface area contributed by atoms with Gasteiger partial charge in [-0.3, -0.25) is 9.59 Å². The summed E-state index contributed by atoms with van der Waals surface area (Å²) >= 11 is 5.91. The van der Waals surface area contributed by atoms with Gasteiger partial charge in [0.2, 0.25) is 0 Å². The van der Waals surface area contributed by atoms with Gasteiger partial charge < -0.3 is 10.1 Å². The summed E-state index contributed by atoms with van der Waals surface area (Å²) in [5.74, 6) is -1.06. The minimum atomic E-state index is -1.06. The number of pyridine rings is 2. The molecular weight excluding hydrogens is 232 g/mol. The number of carboxylic acids is 1. The van der Waals surface area contributed by atoms with Crippen LogP contribution < -0.4 is 5.56 Å². The van der Waals surface area contributed by atoms with E-state index in [0.29, 0.717) is 16.1 Å². The molecule has 0 unspecified atom stereocenters. The van der Waals surface area contributed by atoms with Crippen molar-refractivity contribution in [2.24, 2.45) is 0 Å². The normalized spacial score (nSPS) is 10.6. The maximum atomic E-state index is 11.5. The predicted octanol–water partition coefficient (Wildman–Crippen LogP) is 1.20. The maximum absolute atomic E-state index is 11.5. The van der Waals surface area contributed by atoms with Crippen molar-refractivity contribution in [1.29, 1.82) is 0 Å². The molecule has 2 N–H and O–H groups in total. The Morgan fingerprint density at radius 2 is 2.31 bits per heavy atom. The second-order valence-corrected chi connectivity index (χ2v) is 3.66. The summed E-state index contributed by atoms with van der Waals surface area (Å²) in [5, 5.41) is 9.60. The van der Waals surface area contributed by atoms with E-state index in [-0.39, 0.29) is 12.0 Å². The molecule has 0 radical (unpaired) electrons. The van der Waals surface area contributed by atoms with Gasteiger partial charge >= 0.3 is 5.97 Å². The van der Waals surface area contributed by atoms with Crippen LogP contribution in [-0.4, -0.2) is 21.0 Å². The highest BCUT2D eigenvalue weighted by atomic mass is 35.5. The highest BCUT2D eigenvalue weighted by Crippen LogP contribution is 2.19. The quantitative estimate of drug-likeness (QED) is 0.824. The number of hydrogen-bond acceptors (Lipinski definition) is 3. The van der Waals surface area contributed by atoms with Crippen LogP contribution in [0.1, 0.15) is 5.56 Å². The molecule has 2 aromatic heterocycles. The number of carboxylic acid groups (broad SMARTS) is 1. The zero-order valence-corrected chi connectivity index (χ0v) is 8.78. The Morgan fingerprint density at radius 3 is 3.00 bits per heavy atom. The summed E-state index contributed by atoms with van der Waals surface area (Å²) in [4.78, 5) is 28.4. The van der Waals surface area contributed by atoms with Crippen molar-refractivity contribution >= 4 is 28.6 Å². The lowest BCUT2D eigenvalue weighted by Crippen LogP contribution is -2.16. The van der Waals surface area contributed by atoms with Crippen LogP contribution in [0.5, 0.6) is 0 Å². The Morgan fingerprint density at radius 1 is 1.56 bits per heavy atom. The molecule has 2 aromatic rings. The van der Waals surface area contributed by atoms with Crippen LogP contribution in [-0.2, 0) is 11.2 Å². The second kappa shape index (κ2) is 3.94. The van der Waals surface area contributed by atoms with Crippen LogP contribution in [0.2, 0.25) is 5.02 Å². The van der Waals surface area contributed by atoms with Gasteiger partial charge in [-0.15, -0.1) is 0 Å². The first-order valence-electron chi connectivity index (χ1n) is 4.46. The topological polar surface area (TPSA) is 83.0 Å². The van der Waals surface area contributed by atoms with Crippen LogP contribution in [0.15, 0.2) is 23.1 Å². The average Bonchev–Trinajstić information content (AvgIpc) is 2.20. The van der Waals surface area contributed by atoms with E-state index in [4.69, 9.17) is 16.7 Å². The van der Waals surface area contributed by atoms with Crippen molar-refractivity contribution in [3.63, 3.8) is 0 Å². The van der Waals surface area contributed by atoms with E-state index < -0.39 is 11.5 Å². The molecule has 0 atom stereocenters. The van der Waals surface area contributed by atoms with Gasteiger partial charge in [-0.05, 0) is 12.1 Å². The molecule has 82 valence electrons. The molecular formula is C10H7ClN2O3. The van der Waals surface area contributed by atoms with E-state index in [2.05, 4.69) is 9.97 Å². The van der Waals surface area contributed by atoms with Gasteiger partial charge in [-0.1, -0.05) is 11.6 Å². The zero-order valence-electron chi connectivity index (χ0n) is 8.03. The number of carbonyl (C=O) groups is 1. The Hall–Kier alpha value is -1.88. The number of aromatic amines is 1. The molecule has 2 rings (SSSR count). The molecule has 0 fully saturated rings. The summed E-state index contributed by atoms with van der Waals surface area (Å²) in [5.41, 5.74) is 0.0613. The molecule has 0 aliphatic heterocycles. The average molecular weight is 239 g/mol. The van der Waals surface area contributed by atoms with Gasteiger partial charge in [-0.25, -0.2) is 4.98 Å².